The highest BCUT2D eigenvalue weighted by Crippen LogP contribution is 2.19. The highest BCUT2D eigenvalue weighted by Gasteiger charge is 2.19. The maximum Gasteiger partial charge on any atom is 0.322 e. The van der Waals surface area contributed by atoms with Gasteiger partial charge in [-0.2, -0.15) is 0 Å². The van der Waals surface area contributed by atoms with Gasteiger partial charge in [0.15, 0.2) is 0 Å². The first kappa shape index (κ1) is 22.1. The van der Waals surface area contributed by atoms with Crippen molar-refractivity contribution in [3.05, 3.63) is 76.1 Å². The molecule has 7 nitrogen and oxygen atoms in total. The molecular weight excluding hydrogens is 394 g/mol. The molecule has 0 aliphatic heterocycles. The lowest BCUT2D eigenvalue weighted by atomic mass is 10.1. The number of carbonyl (C=O) groups excluding carboxylic acids is 2. The Bertz CT molecular complexity index is 1120. The van der Waals surface area contributed by atoms with Crippen LogP contribution in [0.1, 0.15) is 31.9 Å². The SMILES string of the molecule is CCOC(=O)Cc1ccc(NC(=O)N(Cc2cc(=O)[nH]c3ccccc23)C(C)C)cc1. The van der Waals surface area contributed by atoms with Gasteiger partial charge in [-0.05, 0) is 50.1 Å². The number of amides is 2. The maximum absolute atomic E-state index is 13.0. The number of nitrogens with zero attached hydrogens (tertiary/aromatic N) is 1. The van der Waals surface area contributed by atoms with Crippen molar-refractivity contribution in [2.75, 3.05) is 11.9 Å². The molecule has 1 heterocycles. The summed E-state index contributed by atoms with van der Waals surface area (Å²) in [7, 11) is 0. The van der Waals surface area contributed by atoms with Crippen molar-refractivity contribution >= 4 is 28.6 Å². The third-order valence-corrected chi connectivity index (χ3v) is 4.92. The molecule has 0 saturated heterocycles. The molecule has 0 aliphatic rings. The van der Waals surface area contributed by atoms with Crippen LogP contribution in [0.25, 0.3) is 10.9 Å². The van der Waals surface area contributed by atoms with Crippen LogP contribution < -0.4 is 10.9 Å². The van der Waals surface area contributed by atoms with Gasteiger partial charge in [0, 0.05) is 35.2 Å². The van der Waals surface area contributed by atoms with Crippen molar-refractivity contribution < 1.29 is 14.3 Å². The van der Waals surface area contributed by atoms with Crippen LogP contribution in [0.2, 0.25) is 0 Å². The number of fused-ring (bicyclic) bond motifs is 1. The Kier molecular flexibility index (Phi) is 7.07. The van der Waals surface area contributed by atoms with Gasteiger partial charge < -0.3 is 19.9 Å². The fourth-order valence-electron chi connectivity index (χ4n) is 3.36. The van der Waals surface area contributed by atoms with Gasteiger partial charge in [0.1, 0.15) is 0 Å². The Morgan fingerprint density at radius 3 is 2.48 bits per heavy atom. The first-order valence-corrected chi connectivity index (χ1v) is 10.3. The summed E-state index contributed by atoms with van der Waals surface area (Å²) in [6, 6.07) is 15.8. The normalized spacial score (nSPS) is 10.8. The highest BCUT2D eigenvalue weighted by molar-refractivity contribution is 5.90. The molecule has 0 radical (unpaired) electrons. The molecule has 0 unspecified atom stereocenters. The van der Waals surface area contributed by atoms with E-state index in [0.717, 1.165) is 22.0 Å². The zero-order chi connectivity index (χ0) is 22.4. The Hall–Kier alpha value is -3.61. The number of rotatable bonds is 7. The summed E-state index contributed by atoms with van der Waals surface area (Å²) in [5.41, 5.74) is 2.76. The van der Waals surface area contributed by atoms with E-state index in [1.165, 1.54) is 6.07 Å². The van der Waals surface area contributed by atoms with E-state index < -0.39 is 0 Å². The minimum Gasteiger partial charge on any atom is -0.466 e. The number of esters is 1. The van der Waals surface area contributed by atoms with E-state index in [-0.39, 0.29) is 30.0 Å². The fraction of sp³-hybridized carbons (Fsp3) is 0.292. The molecule has 162 valence electrons. The zero-order valence-electron chi connectivity index (χ0n) is 18.0. The van der Waals surface area contributed by atoms with Crippen molar-refractivity contribution in [1.82, 2.24) is 9.88 Å². The Balaban J connectivity index is 1.75. The second kappa shape index (κ2) is 9.93. The minimum atomic E-state index is -0.282. The van der Waals surface area contributed by atoms with Crippen molar-refractivity contribution in [2.45, 2.75) is 39.8 Å². The number of nitrogens with one attached hydrogen (secondary N) is 2. The molecule has 1 aromatic heterocycles. The van der Waals surface area contributed by atoms with E-state index in [4.69, 9.17) is 4.74 Å². The summed E-state index contributed by atoms with van der Waals surface area (Å²) >= 11 is 0. The molecule has 3 aromatic rings. The predicted molar refractivity (Wildman–Crippen MR) is 121 cm³/mol. The van der Waals surface area contributed by atoms with Gasteiger partial charge in [-0.15, -0.1) is 0 Å². The lowest BCUT2D eigenvalue weighted by Gasteiger charge is -2.27. The average molecular weight is 421 g/mol. The number of carbonyl (C=O) groups is 2. The zero-order valence-corrected chi connectivity index (χ0v) is 18.0. The van der Waals surface area contributed by atoms with Gasteiger partial charge in [-0.25, -0.2) is 4.79 Å². The standard InChI is InChI=1S/C24H27N3O4/c1-4-31-23(29)13-17-9-11-19(12-10-17)25-24(30)27(16(2)3)15-18-14-22(28)26-21-8-6-5-7-20(18)21/h5-12,14,16H,4,13,15H2,1-3H3,(H,25,30)(H,26,28). The summed E-state index contributed by atoms with van der Waals surface area (Å²) in [5.74, 6) is -0.282. The molecule has 3 rings (SSSR count). The number of anilines is 1. The Morgan fingerprint density at radius 1 is 1.10 bits per heavy atom. The third-order valence-electron chi connectivity index (χ3n) is 4.92. The van der Waals surface area contributed by atoms with Crippen LogP contribution in [0.5, 0.6) is 0 Å². The molecule has 0 aliphatic carbocycles. The van der Waals surface area contributed by atoms with E-state index in [1.54, 1.807) is 36.1 Å². The average Bonchev–Trinajstić information content (AvgIpc) is 2.73. The molecule has 7 heteroatoms. The number of urea groups is 1. The van der Waals surface area contributed by atoms with Crippen molar-refractivity contribution in [3.8, 4) is 0 Å². The second-order valence-electron chi connectivity index (χ2n) is 7.53. The Labute approximate surface area is 181 Å². The number of aromatic amines is 1. The third kappa shape index (κ3) is 5.72. The topological polar surface area (TPSA) is 91.5 Å². The molecule has 0 fully saturated rings. The highest BCUT2D eigenvalue weighted by atomic mass is 16.5. The predicted octanol–water partition coefficient (Wildman–Crippen LogP) is 4.08. The van der Waals surface area contributed by atoms with Crippen LogP contribution in [0.15, 0.2) is 59.4 Å². The first-order chi connectivity index (χ1) is 14.9. The van der Waals surface area contributed by atoms with Gasteiger partial charge in [0.05, 0.1) is 13.0 Å². The quantitative estimate of drug-likeness (QED) is 0.563. The summed E-state index contributed by atoms with van der Waals surface area (Å²) in [4.78, 5) is 41.1. The summed E-state index contributed by atoms with van der Waals surface area (Å²) in [6.45, 7) is 6.27. The number of hydrogen-bond acceptors (Lipinski definition) is 4. The maximum atomic E-state index is 13.0. The lowest BCUT2D eigenvalue weighted by molar-refractivity contribution is -0.142. The molecule has 0 saturated carbocycles. The molecule has 0 bridgehead atoms. The number of hydrogen-bond donors (Lipinski definition) is 2. The van der Waals surface area contributed by atoms with E-state index in [2.05, 4.69) is 10.3 Å². The molecule has 2 aromatic carbocycles. The van der Waals surface area contributed by atoms with Crippen molar-refractivity contribution in [2.24, 2.45) is 0 Å². The summed E-state index contributed by atoms with van der Waals surface area (Å²) in [6.07, 6.45) is 0.190. The van der Waals surface area contributed by atoms with Gasteiger partial charge in [-0.1, -0.05) is 30.3 Å². The van der Waals surface area contributed by atoms with Crippen molar-refractivity contribution in [1.29, 1.82) is 0 Å². The number of para-hydroxylation sites is 1. The molecular formula is C24H27N3O4. The second-order valence-corrected chi connectivity index (χ2v) is 7.53. The van der Waals surface area contributed by atoms with Crippen LogP contribution in [-0.4, -0.2) is 34.5 Å². The van der Waals surface area contributed by atoms with Gasteiger partial charge >= 0.3 is 12.0 Å². The molecule has 31 heavy (non-hydrogen) atoms. The van der Waals surface area contributed by atoms with Crippen molar-refractivity contribution in [3.63, 3.8) is 0 Å². The molecule has 0 spiro atoms. The van der Waals surface area contributed by atoms with E-state index in [9.17, 15) is 14.4 Å². The van der Waals surface area contributed by atoms with Crippen LogP contribution >= 0.6 is 0 Å². The molecule has 2 amide bonds. The number of H-pyrrole nitrogens is 1. The molecule has 0 atom stereocenters. The molecule has 2 N–H and O–H groups in total. The summed E-state index contributed by atoms with van der Waals surface area (Å²) < 4.78 is 4.95. The Morgan fingerprint density at radius 2 is 1.81 bits per heavy atom. The lowest BCUT2D eigenvalue weighted by Crippen LogP contribution is -2.39. The van der Waals surface area contributed by atoms with E-state index in [0.29, 0.717) is 18.8 Å². The fourth-order valence-corrected chi connectivity index (χ4v) is 3.36. The number of ether oxygens (including phenoxy) is 1. The minimum absolute atomic E-state index is 0.0823. The van der Waals surface area contributed by atoms with Crippen LogP contribution in [-0.2, 0) is 22.5 Å². The summed E-state index contributed by atoms with van der Waals surface area (Å²) in [5, 5.41) is 3.80. The van der Waals surface area contributed by atoms with Crippen LogP contribution in [0.4, 0.5) is 10.5 Å². The largest absolute Gasteiger partial charge is 0.466 e. The first-order valence-electron chi connectivity index (χ1n) is 10.3. The smallest absolute Gasteiger partial charge is 0.322 e. The number of pyridine rings is 1. The number of benzene rings is 2. The van der Waals surface area contributed by atoms with Crippen LogP contribution in [0, 0.1) is 0 Å². The van der Waals surface area contributed by atoms with Gasteiger partial charge in [0.25, 0.3) is 0 Å². The van der Waals surface area contributed by atoms with E-state index in [1.807, 2.05) is 38.1 Å². The van der Waals surface area contributed by atoms with E-state index >= 15 is 0 Å². The van der Waals surface area contributed by atoms with Gasteiger partial charge in [-0.3, -0.25) is 9.59 Å². The van der Waals surface area contributed by atoms with Gasteiger partial charge in [0.2, 0.25) is 5.56 Å². The monoisotopic (exact) mass is 421 g/mol. The number of aromatic nitrogens is 1. The van der Waals surface area contributed by atoms with Crippen LogP contribution in [0.3, 0.4) is 0 Å².